The average molecular weight is 283 g/mol. The van der Waals surface area contributed by atoms with Crippen LogP contribution in [0.25, 0.3) is 22.3 Å². The first-order valence-electron chi connectivity index (χ1n) is 6.02. The Balaban J connectivity index is 2.29. The van der Waals surface area contributed by atoms with Gasteiger partial charge in [0.05, 0.1) is 0 Å². The third kappa shape index (κ3) is 2.23. The highest BCUT2D eigenvalue weighted by Gasteiger charge is 2.12. The Morgan fingerprint density at radius 2 is 1.71 bits per heavy atom. The number of benzene rings is 2. The van der Waals surface area contributed by atoms with Crippen LogP contribution in [0.1, 0.15) is 0 Å². The van der Waals surface area contributed by atoms with Gasteiger partial charge in [0.15, 0.2) is 5.43 Å². The number of phenolic OH excluding ortho intramolecular Hbond substituents is 2. The van der Waals surface area contributed by atoms with E-state index < -0.39 is 5.43 Å². The van der Waals surface area contributed by atoms with Gasteiger partial charge in [-0.05, 0) is 29.4 Å². The molecule has 0 unspecified atom stereocenters. The summed E-state index contributed by atoms with van der Waals surface area (Å²) in [5, 5.41) is 21.7. The van der Waals surface area contributed by atoms with E-state index in [0.29, 0.717) is 5.56 Å². The Morgan fingerprint density at radius 3 is 2.38 bits per heavy atom. The standard InChI is InChI=1S/C15H9NO5/c17-10-3-1-8(2-4-10)13-7-12(19)15-11(18)5-9(16-20)6-14(15)21-13/h1-7,17-18H. The Bertz CT molecular complexity index is 896. The second kappa shape index (κ2) is 4.75. The first-order chi connectivity index (χ1) is 10.1. The molecule has 0 aliphatic rings. The van der Waals surface area contributed by atoms with Crippen molar-refractivity contribution in [2.45, 2.75) is 0 Å². The van der Waals surface area contributed by atoms with Gasteiger partial charge in [0.25, 0.3) is 0 Å². The van der Waals surface area contributed by atoms with Crippen molar-refractivity contribution in [1.82, 2.24) is 0 Å². The zero-order valence-electron chi connectivity index (χ0n) is 10.6. The molecule has 104 valence electrons. The molecule has 1 aromatic heterocycles. The summed E-state index contributed by atoms with van der Waals surface area (Å²) >= 11 is 0. The van der Waals surface area contributed by atoms with Crippen LogP contribution in [0, 0.1) is 4.91 Å². The summed E-state index contributed by atoms with van der Waals surface area (Å²) in [6.07, 6.45) is 0. The number of aromatic hydroxyl groups is 2. The van der Waals surface area contributed by atoms with E-state index in [1.807, 2.05) is 0 Å². The van der Waals surface area contributed by atoms with Gasteiger partial charge in [0.1, 0.15) is 33.9 Å². The summed E-state index contributed by atoms with van der Waals surface area (Å²) in [6.45, 7) is 0. The van der Waals surface area contributed by atoms with Crippen LogP contribution in [0.3, 0.4) is 0 Å². The van der Waals surface area contributed by atoms with Crippen molar-refractivity contribution in [1.29, 1.82) is 0 Å². The maximum absolute atomic E-state index is 12.1. The van der Waals surface area contributed by atoms with Crippen molar-refractivity contribution < 1.29 is 14.6 Å². The minimum Gasteiger partial charge on any atom is -0.508 e. The van der Waals surface area contributed by atoms with Gasteiger partial charge >= 0.3 is 0 Å². The predicted octanol–water partition coefficient (Wildman–Crippen LogP) is 3.27. The van der Waals surface area contributed by atoms with Gasteiger partial charge in [-0.1, -0.05) is 0 Å². The summed E-state index contributed by atoms with van der Waals surface area (Å²) < 4.78 is 5.55. The summed E-state index contributed by atoms with van der Waals surface area (Å²) in [5.74, 6) is -0.00460. The van der Waals surface area contributed by atoms with Crippen LogP contribution in [0.4, 0.5) is 5.69 Å². The monoisotopic (exact) mass is 283 g/mol. The van der Waals surface area contributed by atoms with E-state index in [0.717, 1.165) is 6.07 Å². The van der Waals surface area contributed by atoms with Crippen LogP contribution < -0.4 is 5.43 Å². The van der Waals surface area contributed by atoms with E-state index in [2.05, 4.69) is 5.18 Å². The summed E-state index contributed by atoms with van der Waals surface area (Å²) in [4.78, 5) is 22.7. The predicted molar refractivity (Wildman–Crippen MR) is 76.7 cm³/mol. The normalized spacial score (nSPS) is 10.7. The molecule has 21 heavy (non-hydrogen) atoms. The lowest BCUT2D eigenvalue weighted by Crippen LogP contribution is -2.00. The van der Waals surface area contributed by atoms with Crippen molar-refractivity contribution in [2.24, 2.45) is 5.18 Å². The van der Waals surface area contributed by atoms with Gasteiger partial charge < -0.3 is 14.6 Å². The number of rotatable bonds is 2. The molecule has 0 amide bonds. The second-order valence-corrected chi connectivity index (χ2v) is 4.45. The lowest BCUT2D eigenvalue weighted by molar-refractivity contribution is 0.475. The number of fused-ring (bicyclic) bond motifs is 1. The molecule has 0 fully saturated rings. The van der Waals surface area contributed by atoms with Crippen molar-refractivity contribution in [3.05, 3.63) is 57.6 Å². The highest BCUT2D eigenvalue weighted by Crippen LogP contribution is 2.31. The fraction of sp³-hybridized carbons (Fsp3) is 0. The van der Waals surface area contributed by atoms with Crippen molar-refractivity contribution >= 4 is 16.7 Å². The Morgan fingerprint density at radius 1 is 1.00 bits per heavy atom. The van der Waals surface area contributed by atoms with Crippen molar-refractivity contribution in [2.75, 3.05) is 0 Å². The maximum atomic E-state index is 12.1. The number of phenols is 2. The average Bonchev–Trinajstić information content (AvgIpc) is 2.46. The van der Waals surface area contributed by atoms with Gasteiger partial charge in [0, 0.05) is 23.8 Å². The molecule has 1 heterocycles. The molecule has 0 radical (unpaired) electrons. The third-order valence-electron chi connectivity index (χ3n) is 3.05. The number of nitrogens with zero attached hydrogens (tertiary/aromatic N) is 1. The van der Waals surface area contributed by atoms with Crippen LogP contribution in [0.2, 0.25) is 0 Å². The number of hydrogen-bond acceptors (Lipinski definition) is 6. The molecule has 0 spiro atoms. The van der Waals surface area contributed by atoms with Crippen molar-refractivity contribution in [3.8, 4) is 22.8 Å². The van der Waals surface area contributed by atoms with Crippen LogP contribution >= 0.6 is 0 Å². The molecule has 2 aromatic carbocycles. The molecule has 0 saturated carbocycles. The molecule has 0 bridgehead atoms. The van der Waals surface area contributed by atoms with E-state index in [4.69, 9.17) is 4.42 Å². The fourth-order valence-corrected chi connectivity index (χ4v) is 2.07. The number of hydrogen-bond donors (Lipinski definition) is 2. The first-order valence-corrected chi connectivity index (χ1v) is 6.02. The minimum absolute atomic E-state index is 0.00933. The van der Waals surface area contributed by atoms with Crippen LogP contribution in [-0.2, 0) is 0 Å². The molecular weight excluding hydrogens is 274 g/mol. The maximum Gasteiger partial charge on any atom is 0.197 e. The van der Waals surface area contributed by atoms with E-state index in [9.17, 15) is 19.9 Å². The summed E-state index contributed by atoms with van der Waals surface area (Å²) in [5.41, 5.74) is 0.177. The Kier molecular flexibility index (Phi) is 2.91. The largest absolute Gasteiger partial charge is 0.508 e. The molecule has 3 aromatic rings. The molecule has 6 nitrogen and oxygen atoms in total. The molecular formula is C15H9NO5. The van der Waals surface area contributed by atoms with Gasteiger partial charge in [-0.3, -0.25) is 4.79 Å². The molecule has 2 N–H and O–H groups in total. The van der Waals surface area contributed by atoms with Crippen LogP contribution in [0.15, 0.2) is 56.9 Å². The topological polar surface area (TPSA) is 100 Å². The molecule has 0 saturated heterocycles. The summed E-state index contributed by atoms with van der Waals surface area (Å²) in [6, 6.07) is 9.71. The lowest BCUT2D eigenvalue weighted by atomic mass is 10.1. The third-order valence-corrected chi connectivity index (χ3v) is 3.05. The summed E-state index contributed by atoms with van der Waals surface area (Å²) in [7, 11) is 0. The van der Waals surface area contributed by atoms with Crippen LogP contribution in [-0.4, -0.2) is 10.2 Å². The quantitative estimate of drug-likeness (QED) is 0.703. The minimum atomic E-state index is -0.436. The molecule has 6 heteroatoms. The zero-order valence-corrected chi connectivity index (χ0v) is 10.6. The Hall–Kier alpha value is -3.15. The number of nitroso groups, excluding NO2 is 1. The Labute approximate surface area is 117 Å². The SMILES string of the molecule is O=Nc1cc(O)c2c(=O)cc(-c3ccc(O)cc3)oc2c1. The zero-order chi connectivity index (χ0) is 15.0. The van der Waals surface area contributed by atoms with Crippen LogP contribution in [0.5, 0.6) is 11.5 Å². The van der Waals surface area contributed by atoms with E-state index in [-0.39, 0.29) is 33.9 Å². The van der Waals surface area contributed by atoms with E-state index in [1.165, 1.54) is 24.3 Å². The fourth-order valence-electron chi connectivity index (χ4n) is 2.07. The first kappa shape index (κ1) is 12.9. The van der Waals surface area contributed by atoms with Gasteiger partial charge in [-0.15, -0.1) is 4.91 Å². The molecule has 0 aliphatic carbocycles. The van der Waals surface area contributed by atoms with Gasteiger partial charge in [-0.2, -0.15) is 0 Å². The highest BCUT2D eigenvalue weighted by molar-refractivity contribution is 5.87. The van der Waals surface area contributed by atoms with E-state index >= 15 is 0 Å². The second-order valence-electron chi connectivity index (χ2n) is 4.45. The van der Waals surface area contributed by atoms with Crippen molar-refractivity contribution in [3.63, 3.8) is 0 Å². The molecule has 0 aliphatic heterocycles. The smallest absolute Gasteiger partial charge is 0.197 e. The lowest BCUT2D eigenvalue weighted by Gasteiger charge is -2.05. The molecule has 3 rings (SSSR count). The molecule has 0 atom stereocenters. The van der Waals surface area contributed by atoms with E-state index in [1.54, 1.807) is 12.1 Å². The van der Waals surface area contributed by atoms with Gasteiger partial charge in [0.2, 0.25) is 0 Å². The highest BCUT2D eigenvalue weighted by atomic mass is 16.3. The van der Waals surface area contributed by atoms with Gasteiger partial charge in [-0.25, -0.2) is 0 Å².